The zero-order valence-corrected chi connectivity index (χ0v) is 19.9. The third-order valence-electron chi connectivity index (χ3n) is 4.96. The van der Waals surface area contributed by atoms with E-state index in [1.807, 2.05) is 48.5 Å². The van der Waals surface area contributed by atoms with E-state index < -0.39 is 5.97 Å². The average molecular weight is 514 g/mol. The third kappa shape index (κ3) is 6.49. The SMILES string of the molecule is COc1ccc(CN(Cc2ccc(OC)cc2)C(=O)COc2c(Br)cccc2C(=O)O)cc1. The van der Waals surface area contributed by atoms with E-state index in [0.717, 1.165) is 22.6 Å². The van der Waals surface area contributed by atoms with Crippen LogP contribution < -0.4 is 14.2 Å². The van der Waals surface area contributed by atoms with Crippen LogP contribution in [0.4, 0.5) is 0 Å². The van der Waals surface area contributed by atoms with Crippen LogP contribution in [-0.2, 0) is 17.9 Å². The van der Waals surface area contributed by atoms with Gasteiger partial charge >= 0.3 is 5.97 Å². The summed E-state index contributed by atoms with van der Waals surface area (Å²) in [7, 11) is 3.19. The number of ether oxygens (including phenoxy) is 3. The number of hydrogen-bond donors (Lipinski definition) is 1. The standard InChI is InChI=1S/C25H24BrNO6/c1-31-19-10-6-17(7-11-19)14-27(15-18-8-12-20(32-2)13-9-18)23(28)16-33-24-21(25(29)30)4-3-5-22(24)26/h3-13H,14-16H2,1-2H3,(H,29,30). The minimum Gasteiger partial charge on any atom is -0.497 e. The highest BCUT2D eigenvalue weighted by Gasteiger charge is 2.19. The molecule has 0 atom stereocenters. The summed E-state index contributed by atoms with van der Waals surface area (Å²) in [5.74, 6) is 0.156. The van der Waals surface area contributed by atoms with Gasteiger partial charge in [-0.05, 0) is 63.5 Å². The van der Waals surface area contributed by atoms with Gasteiger partial charge in [-0.2, -0.15) is 0 Å². The van der Waals surface area contributed by atoms with Crippen LogP contribution in [0.3, 0.4) is 0 Å². The molecule has 3 rings (SSSR count). The summed E-state index contributed by atoms with van der Waals surface area (Å²) in [6.45, 7) is 0.384. The Balaban J connectivity index is 1.79. The molecule has 0 spiro atoms. The van der Waals surface area contributed by atoms with Crippen molar-refractivity contribution in [3.05, 3.63) is 87.9 Å². The highest BCUT2D eigenvalue weighted by Crippen LogP contribution is 2.29. The number of methoxy groups -OCH3 is 2. The molecule has 0 aliphatic heterocycles. The summed E-state index contributed by atoms with van der Waals surface area (Å²) < 4.78 is 16.5. The molecule has 172 valence electrons. The topological polar surface area (TPSA) is 85.3 Å². The molecule has 7 nitrogen and oxygen atoms in total. The molecule has 3 aromatic rings. The van der Waals surface area contributed by atoms with Gasteiger partial charge in [-0.15, -0.1) is 0 Å². The maximum absolute atomic E-state index is 13.2. The van der Waals surface area contributed by atoms with E-state index in [9.17, 15) is 14.7 Å². The second-order valence-electron chi connectivity index (χ2n) is 7.16. The van der Waals surface area contributed by atoms with Crippen molar-refractivity contribution in [3.8, 4) is 17.2 Å². The first-order chi connectivity index (χ1) is 15.9. The van der Waals surface area contributed by atoms with E-state index in [-0.39, 0.29) is 23.8 Å². The number of para-hydroxylation sites is 1. The highest BCUT2D eigenvalue weighted by atomic mass is 79.9. The van der Waals surface area contributed by atoms with Crippen LogP contribution >= 0.6 is 15.9 Å². The van der Waals surface area contributed by atoms with Crippen LogP contribution in [0.1, 0.15) is 21.5 Å². The van der Waals surface area contributed by atoms with Gasteiger partial charge in [-0.25, -0.2) is 4.79 Å². The molecule has 1 amide bonds. The van der Waals surface area contributed by atoms with E-state index in [0.29, 0.717) is 17.6 Å². The molecule has 0 radical (unpaired) electrons. The number of carboxylic acid groups (broad SMARTS) is 1. The Morgan fingerprint density at radius 3 is 1.82 bits per heavy atom. The van der Waals surface area contributed by atoms with Crippen LogP contribution in [-0.4, -0.2) is 42.7 Å². The van der Waals surface area contributed by atoms with Gasteiger partial charge in [0.15, 0.2) is 6.61 Å². The van der Waals surface area contributed by atoms with E-state index in [1.54, 1.807) is 31.3 Å². The van der Waals surface area contributed by atoms with Crippen molar-refractivity contribution >= 4 is 27.8 Å². The minimum absolute atomic E-state index is 0.0194. The van der Waals surface area contributed by atoms with E-state index in [1.165, 1.54) is 6.07 Å². The Bertz CT molecular complexity index is 1050. The summed E-state index contributed by atoms with van der Waals surface area (Å²) >= 11 is 3.30. The predicted octanol–water partition coefficient (Wildman–Crippen LogP) is 4.77. The Kier molecular flexibility index (Phi) is 8.32. The molecule has 0 saturated heterocycles. The minimum atomic E-state index is -1.13. The maximum Gasteiger partial charge on any atom is 0.339 e. The number of halogens is 1. The summed E-state index contributed by atoms with van der Waals surface area (Å²) in [6, 6.07) is 19.6. The molecule has 0 saturated carbocycles. The van der Waals surface area contributed by atoms with Gasteiger partial charge in [0, 0.05) is 13.1 Å². The molecule has 8 heteroatoms. The Hall–Kier alpha value is -3.52. The molecule has 0 aliphatic rings. The van der Waals surface area contributed by atoms with Crippen molar-refractivity contribution in [1.82, 2.24) is 4.90 Å². The Morgan fingerprint density at radius 2 is 1.36 bits per heavy atom. The van der Waals surface area contributed by atoms with Crippen molar-refractivity contribution < 1.29 is 28.9 Å². The van der Waals surface area contributed by atoms with Crippen molar-refractivity contribution in [2.24, 2.45) is 0 Å². The van der Waals surface area contributed by atoms with E-state index in [4.69, 9.17) is 14.2 Å². The predicted molar refractivity (Wildman–Crippen MR) is 127 cm³/mol. The fourth-order valence-electron chi connectivity index (χ4n) is 3.18. The molecule has 0 aromatic heterocycles. The molecule has 3 aromatic carbocycles. The summed E-state index contributed by atoms with van der Waals surface area (Å²) in [6.07, 6.45) is 0. The summed E-state index contributed by atoms with van der Waals surface area (Å²) in [5, 5.41) is 9.42. The molecule has 1 N–H and O–H groups in total. The number of nitrogens with zero attached hydrogens (tertiary/aromatic N) is 1. The molecular formula is C25H24BrNO6. The number of hydrogen-bond acceptors (Lipinski definition) is 5. The molecule has 0 bridgehead atoms. The fraction of sp³-hybridized carbons (Fsp3) is 0.200. The average Bonchev–Trinajstić information content (AvgIpc) is 2.83. The number of carbonyl (C=O) groups excluding carboxylic acids is 1. The lowest BCUT2D eigenvalue weighted by atomic mass is 10.1. The van der Waals surface area contributed by atoms with E-state index in [2.05, 4.69) is 15.9 Å². The first kappa shape index (κ1) is 24.1. The largest absolute Gasteiger partial charge is 0.497 e. The molecular weight excluding hydrogens is 490 g/mol. The first-order valence-electron chi connectivity index (χ1n) is 10.1. The van der Waals surface area contributed by atoms with Gasteiger partial charge in [0.2, 0.25) is 0 Å². The van der Waals surface area contributed by atoms with Crippen molar-refractivity contribution in [1.29, 1.82) is 0 Å². The molecule has 33 heavy (non-hydrogen) atoms. The van der Waals surface area contributed by atoms with Gasteiger partial charge in [0.1, 0.15) is 22.8 Å². The fourth-order valence-corrected chi connectivity index (χ4v) is 3.66. The Morgan fingerprint density at radius 1 is 0.848 bits per heavy atom. The maximum atomic E-state index is 13.2. The lowest BCUT2D eigenvalue weighted by molar-refractivity contribution is -0.134. The summed E-state index contributed by atoms with van der Waals surface area (Å²) in [4.78, 5) is 26.3. The van der Waals surface area contributed by atoms with Crippen LogP contribution in [0.2, 0.25) is 0 Å². The van der Waals surface area contributed by atoms with Crippen LogP contribution in [0, 0.1) is 0 Å². The zero-order chi connectivity index (χ0) is 23.8. The third-order valence-corrected chi connectivity index (χ3v) is 5.58. The van der Waals surface area contributed by atoms with Gasteiger partial charge in [0.05, 0.1) is 18.7 Å². The van der Waals surface area contributed by atoms with Gasteiger partial charge in [0.25, 0.3) is 5.91 Å². The molecule has 0 heterocycles. The van der Waals surface area contributed by atoms with Crippen LogP contribution in [0.25, 0.3) is 0 Å². The lowest BCUT2D eigenvalue weighted by Crippen LogP contribution is -2.34. The molecule has 0 unspecified atom stereocenters. The van der Waals surface area contributed by atoms with E-state index >= 15 is 0 Å². The zero-order valence-electron chi connectivity index (χ0n) is 18.3. The second-order valence-corrected chi connectivity index (χ2v) is 8.01. The molecule has 0 fully saturated rings. The monoisotopic (exact) mass is 513 g/mol. The van der Waals surface area contributed by atoms with Gasteiger partial charge < -0.3 is 24.2 Å². The number of carboxylic acids is 1. The van der Waals surface area contributed by atoms with Crippen LogP contribution in [0.15, 0.2) is 71.2 Å². The van der Waals surface area contributed by atoms with Crippen molar-refractivity contribution in [3.63, 3.8) is 0 Å². The van der Waals surface area contributed by atoms with Gasteiger partial charge in [-0.1, -0.05) is 30.3 Å². The second kappa shape index (κ2) is 11.4. The Labute approximate surface area is 200 Å². The smallest absolute Gasteiger partial charge is 0.339 e. The quantitative estimate of drug-likeness (QED) is 0.420. The normalized spacial score (nSPS) is 10.4. The summed E-state index contributed by atoms with van der Waals surface area (Å²) in [5.41, 5.74) is 1.82. The molecule has 0 aliphatic carbocycles. The van der Waals surface area contributed by atoms with Crippen molar-refractivity contribution in [2.45, 2.75) is 13.1 Å². The number of aromatic carboxylic acids is 1. The highest BCUT2D eigenvalue weighted by molar-refractivity contribution is 9.10. The number of benzene rings is 3. The number of amides is 1. The van der Waals surface area contributed by atoms with Crippen LogP contribution in [0.5, 0.6) is 17.2 Å². The first-order valence-corrected chi connectivity index (χ1v) is 10.9. The van der Waals surface area contributed by atoms with Gasteiger partial charge in [-0.3, -0.25) is 4.79 Å². The number of rotatable bonds is 10. The number of carbonyl (C=O) groups is 2. The lowest BCUT2D eigenvalue weighted by Gasteiger charge is -2.24. The van der Waals surface area contributed by atoms with Crippen molar-refractivity contribution in [2.75, 3.05) is 20.8 Å².